The Balaban J connectivity index is 1.45. The van der Waals surface area contributed by atoms with Crippen LogP contribution in [0.15, 0.2) is 60.7 Å². The van der Waals surface area contributed by atoms with Gasteiger partial charge in [0.1, 0.15) is 17.4 Å². The van der Waals surface area contributed by atoms with Gasteiger partial charge in [-0.25, -0.2) is 8.78 Å². The van der Waals surface area contributed by atoms with E-state index >= 15 is 0 Å². The molecule has 0 aromatic heterocycles. The fraction of sp³-hybridized carbons (Fsp3) is 0.333. The van der Waals surface area contributed by atoms with E-state index in [1.807, 2.05) is 12.1 Å². The summed E-state index contributed by atoms with van der Waals surface area (Å²) in [5, 5.41) is 0. The third-order valence-electron chi connectivity index (χ3n) is 6.57. The number of alkyl halides is 2. The number of hydrogen-bond acceptors (Lipinski definition) is 1. The molecule has 0 unspecified atom stereocenters. The molecule has 1 nitrogen and oxygen atoms in total. The monoisotopic (exact) mass is 469 g/mol. The van der Waals surface area contributed by atoms with Crippen LogP contribution in [-0.4, -0.2) is 10.2 Å². The number of hydrogen-bond donors (Lipinski definition) is 0. The molecule has 33 heavy (non-hydrogen) atoms. The Morgan fingerprint density at radius 1 is 0.848 bits per heavy atom. The standard InChI is InChI=1S/C27H25F4OSi/c1-17-25(28)14-24(15-26(17)29)32-27(30,31)23-12-10-22(11-13-23)21-8-6-20(7-9-21)19-4-2-18(16-33)3-5-19/h6-15,18-19H,2-5,16H2,1H3. The van der Waals surface area contributed by atoms with E-state index in [0.29, 0.717) is 5.92 Å². The molecule has 0 saturated heterocycles. The van der Waals surface area contributed by atoms with Crippen molar-refractivity contribution in [2.45, 2.75) is 50.7 Å². The fourth-order valence-electron chi connectivity index (χ4n) is 4.39. The molecule has 0 aliphatic heterocycles. The Morgan fingerprint density at radius 2 is 1.36 bits per heavy atom. The molecule has 1 saturated carbocycles. The first-order valence-electron chi connectivity index (χ1n) is 11.1. The summed E-state index contributed by atoms with van der Waals surface area (Å²) in [5.41, 5.74) is 2.42. The molecule has 3 radical (unpaired) electrons. The highest BCUT2D eigenvalue weighted by Gasteiger charge is 2.35. The van der Waals surface area contributed by atoms with Gasteiger partial charge in [0.2, 0.25) is 0 Å². The molecule has 171 valence electrons. The molecule has 4 rings (SSSR count). The minimum atomic E-state index is -3.73. The van der Waals surface area contributed by atoms with E-state index in [0.717, 1.165) is 35.2 Å². The van der Waals surface area contributed by atoms with E-state index in [2.05, 4.69) is 27.1 Å². The smallest absolute Gasteiger partial charge is 0.426 e. The summed E-state index contributed by atoms with van der Waals surface area (Å²) in [4.78, 5) is 0. The Hall–Kier alpha value is -2.60. The summed E-state index contributed by atoms with van der Waals surface area (Å²) in [7, 11) is 3.63. The Kier molecular flexibility index (Phi) is 6.93. The van der Waals surface area contributed by atoms with Gasteiger partial charge < -0.3 is 4.74 Å². The highest BCUT2D eigenvalue weighted by molar-refractivity contribution is 6.08. The maximum atomic E-state index is 14.6. The summed E-state index contributed by atoms with van der Waals surface area (Å²) in [5.74, 6) is -1.10. The fourth-order valence-corrected chi connectivity index (χ4v) is 4.80. The zero-order valence-corrected chi connectivity index (χ0v) is 19.4. The summed E-state index contributed by atoms with van der Waals surface area (Å²) >= 11 is 0. The lowest BCUT2D eigenvalue weighted by Gasteiger charge is -2.28. The topological polar surface area (TPSA) is 9.23 Å². The zero-order chi connectivity index (χ0) is 23.6. The summed E-state index contributed by atoms with van der Waals surface area (Å²) < 4.78 is 61.1. The third-order valence-corrected chi connectivity index (χ3v) is 7.15. The normalized spacial score (nSPS) is 18.8. The van der Waals surface area contributed by atoms with Crippen molar-refractivity contribution in [1.29, 1.82) is 0 Å². The van der Waals surface area contributed by atoms with E-state index in [9.17, 15) is 17.6 Å². The first-order valence-corrected chi connectivity index (χ1v) is 11.9. The lowest BCUT2D eigenvalue weighted by molar-refractivity contribution is -0.185. The quantitative estimate of drug-likeness (QED) is 0.263. The molecule has 1 fully saturated rings. The molecule has 0 atom stereocenters. The second-order valence-electron chi connectivity index (χ2n) is 8.75. The van der Waals surface area contributed by atoms with Crippen LogP contribution in [0.4, 0.5) is 17.6 Å². The molecule has 0 heterocycles. The molecule has 0 amide bonds. The Morgan fingerprint density at radius 3 is 1.88 bits per heavy atom. The van der Waals surface area contributed by atoms with Crippen molar-refractivity contribution in [2.24, 2.45) is 5.92 Å². The second kappa shape index (κ2) is 9.72. The van der Waals surface area contributed by atoms with Crippen LogP contribution in [0.2, 0.25) is 6.04 Å². The van der Waals surface area contributed by atoms with E-state index in [1.54, 1.807) is 12.1 Å². The lowest BCUT2D eigenvalue weighted by Crippen LogP contribution is -2.22. The van der Waals surface area contributed by atoms with Crippen molar-refractivity contribution < 1.29 is 22.3 Å². The van der Waals surface area contributed by atoms with Crippen molar-refractivity contribution in [3.63, 3.8) is 0 Å². The molecule has 6 heteroatoms. The molecule has 1 aliphatic rings. The van der Waals surface area contributed by atoms with Crippen LogP contribution < -0.4 is 4.74 Å². The maximum absolute atomic E-state index is 14.6. The van der Waals surface area contributed by atoms with Crippen molar-refractivity contribution in [3.05, 3.63) is 89.0 Å². The van der Waals surface area contributed by atoms with Crippen molar-refractivity contribution in [1.82, 2.24) is 0 Å². The average Bonchev–Trinajstić information content (AvgIpc) is 2.82. The molecular weight excluding hydrogens is 444 g/mol. The van der Waals surface area contributed by atoms with Gasteiger partial charge in [-0.1, -0.05) is 55.3 Å². The summed E-state index contributed by atoms with van der Waals surface area (Å²) in [6.45, 7) is 1.23. The predicted octanol–water partition coefficient (Wildman–Crippen LogP) is 7.93. The van der Waals surface area contributed by atoms with E-state index in [4.69, 9.17) is 0 Å². The molecule has 0 bridgehead atoms. The minimum Gasteiger partial charge on any atom is -0.429 e. The molecule has 3 aromatic carbocycles. The first kappa shape index (κ1) is 23.6. The van der Waals surface area contributed by atoms with Crippen LogP contribution in [0.1, 0.15) is 48.3 Å². The van der Waals surface area contributed by atoms with Gasteiger partial charge in [-0.15, -0.1) is 0 Å². The Labute approximate surface area is 195 Å². The van der Waals surface area contributed by atoms with Crippen LogP contribution in [-0.2, 0) is 6.11 Å². The van der Waals surface area contributed by atoms with Crippen molar-refractivity contribution in [2.75, 3.05) is 0 Å². The van der Waals surface area contributed by atoms with Crippen LogP contribution in [0, 0.1) is 24.5 Å². The van der Waals surface area contributed by atoms with Gasteiger partial charge in [-0.3, -0.25) is 0 Å². The molecule has 1 aliphatic carbocycles. The van der Waals surface area contributed by atoms with Gasteiger partial charge >= 0.3 is 6.11 Å². The van der Waals surface area contributed by atoms with E-state index in [-0.39, 0.29) is 5.56 Å². The van der Waals surface area contributed by atoms with Gasteiger partial charge in [-0.2, -0.15) is 8.78 Å². The highest BCUT2D eigenvalue weighted by atomic mass is 28.1. The largest absolute Gasteiger partial charge is 0.429 e. The van der Waals surface area contributed by atoms with Crippen LogP contribution in [0.3, 0.4) is 0 Å². The van der Waals surface area contributed by atoms with Crippen molar-refractivity contribution >= 4 is 10.2 Å². The van der Waals surface area contributed by atoms with Gasteiger partial charge in [0.05, 0.1) is 5.56 Å². The van der Waals surface area contributed by atoms with Crippen molar-refractivity contribution in [3.8, 4) is 16.9 Å². The number of halogens is 4. The summed E-state index contributed by atoms with van der Waals surface area (Å²) in [6, 6.07) is 16.6. The maximum Gasteiger partial charge on any atom is 0.426 e. The molecule has 0 N–H and O–H groups in total. The lowest BCUT2D eigenvalue weighted by atomic mass is 9.79. The van der Waals surface area contributed by atoms with Gasteiger partial charge in [0, 0.05) is 27.9 Å². The molecule has 0 spiro atoms. The predicted molar refractivity (Wildman–Crippen MR) is 123 cm³/mol. The van der Waals surface area contributed by atoms with E-state index < -0.39 is 29.1 Å². The first-order chi connectivity index (χ1) is 15.8. The van der Waals surface area contributed by atoms with Crippen LogP contribution in [0.5, 0.6) is 5.75 Å². The van der Waals surface area contributed by atoms with Gasteiger partial charge in [-0.05, 0) is 60.4 Å². The molecular formula is C27H25F4OSi. The highest BCUT2D eigenvalue weighted by Crippen LogP contribution is 2.38. The van der Waals surface area contributed by atoms with Gasteiger partial charge in [0.25, 0.3) is 0 Å². The molecule has 3 aromatic rings. The average molecular weight is 470 g/mol. The second-order valence-corrected chi connectivity index (χ2v) is 9.16. The summed E-state index contributed by atoms with van der Waals surface area (Å²) in [6.07, 6.45) is 1.11. The Bertz CT molecular complexity index is 1070. The minimum absolute atomic E-state index is 0.243. The van der Waals surface area contributed by atoms with Gasteiger partial charge in [0.15, 0.2) is 0 Å². The third kappa shape index (κ3) is 5.32. The number of ether oxygens (including phenoxy) is 1. The SMILES string of the molecule is Cc1c(F)cc(OC(F)(F)c2ccc(-c3ccc(C4CCC(C[Si])CC4)cc3)cc2)cc1F. The van der Waals surface area contributed by atoms with Crippen LogP contribution in [0.25, 0.3) is 11.1 Å². The number of benzene rings is 3. The number of rotatable bonds is 6. The zero-order valence-electron chi connectivity index (χ0n) is 18.4. The van der Waals surface area contributed by atoms with Crippen LogP contribution >= 0.6 is 0 Å². The van der Waals surface area contributed by atoms with E-state index in [1.165, 1.54) is 50.3 Å².